The van der Waals surface area contributed by atoms with Crippen LogP contribution in [0.25, 0.3) is 6.08 Å². The minimum atomic E-state index is -0.460. The van der Waals surface area contributed by atoms with Crippen LogP contribution in [-0.2, 0) is 16.0 Å². The average Bonchev–Trinajstić information content (AvgIpc) is 3.65. The lowest BCUT2D eigenvalue weighted by molar-refractivity contribution is -0.384. The molecule has 1 atom stereocenters. The maximum Gasteiger partial charge on any atom is 0.269 e. The second-order valence-corrected chi connectivity index (χ2v) is 10.2. The van der Waals surface area contributed by atoms with Crippen LogP contribution in [-0.4, -0.2) is 52.8 Å². The van der Waals surface area contributed by atoms with Crippen molar-refractivity contribution in [3.8, 4) is 5.75 Å². The summed E-state index contributed by atoms with van der Waals surface area (Å²) in [5, 5.41) is 12.9. The van der Waals surface area contributed by atoms with Gasteiger partial charge in [-0.1, -0.05) is 12.1 Å². The van der Waals surface area contributed by atoms with Gasteiger partial charge < -0.3 is 14.5 Å². The Morgan fingerprint density at radius 1 is 1.14 bits per heavy atom. The van der Waals surface area contributed by atoms with Gasteiger partial charge in [-0.3, -0.25) is 19.7 Å². The number of rotatable bonds is 8. The molecule has 37 heavy (non-hydrogen) atoms. The van der Waals surface area contributed by atoms with E-state index in [1.165, 1.54) is 23.1 Å². The molecule has 0 bridgehead atoms. The number of non-ortho nitro benzene ring substituents is 1. The second-order valence-electron chi connectivity index (χ2n) is 9.19. The zero-order valence-corrected chi connectivity index (χ0v) is 21.2. The Morgan fingerprint density at radius 2 is 1.86 bits per heavy atom. The number of amides is 2. The highest BCUT2D eigenvalue weighted by molar-refractivity contribution is 7.10. The van der Waals surface area contributed by atoms with E-state index < -0.39 is 4.92 Å². The topological polar surface area (TPSA) is 93.0 Å². The Morgan fingerprint density at radius 3 is 2.51 bits per heavy atom. The molecule has 1 aliphatic carbocycles. The van der Waals surface area contributed by atoms with Crippen molar-refractivity contribution in [3.63, 3.8) is 0 Å². The zero-order valence-electron chi connectivity index (χ0n) is 20.4. The van der Waals surface area contributed by atoms with E-state index in [2.05, 4.69) is 11.4 Å². The molecule has 8 nitrogen and oxygen atoms in total. The summed E-state index contributed by atoms with van der Waals surface area (Å²) in [5.41, 5.74) is 2.82. The van der Waals surface area contributed by atoms with Gasteiger partial charge in [-0.15, -0.1) is 11.3 Å². The van der Waals surface area contributed by atoms with Gasteiger partial charge in [0.15, 0.2) is 0 Å². The van der Waals surface area contributed by atoms with E-state index >= 15 is 0 Å². The van der Waals surface area contributed by atoms with E-state index in [-0.39, 0.29) is 36.1 Å². The van der Waals surface area contributed by atoms with Crippen LogP contribution < -0.4 is 4.74 Å². The number of carbonyl (C=O) groups excluding carboxylic acids is 2. The zero-order chi connectivity index (χ0) is 25.9. The van der Waals surface area contributed by atoms with E-state index in [0.717, 1.165) is 36.1 Å². The molecule has 1 unspecified atom stereocenters. The minimum absolute atomic E-state index is 0.00425. The van der Waals surface area contributed by atoms with Gasteiger partial charge >= 0.3 is 0 Å². The third kappa shape index (κ3) is 5.41. The lowest BCUT2D eigenvalue weighted by Crippen LogP contribution is -2.47. The van der Waals surface area contributed by atoms with Crippen LogP contribution >= 0.6 is 11.3 Å². The fourth-order valence-corrected chi connectivity index (χ4v) is 5.61. The van der Waals surface area contributed by atoms with Gasteiger partial charge in [-0.05, 0) is 77.7 Å². The summed E-state index contributed by atoms with van der Waals surface area (Å²) in [6.07, 6.45) is 5.62. The van der Waals surface area contributed by atoms with Gasteiger partial charge in [0, 0.05) is 35.7 Å². The highest BCUT2D eigenvalue weighted by Crippen LogP contribution is 2.38. The molecule has 2 amide bonds. The SMILES string of the molecule is COc1ccc(C2c3ccsc3CCN2C(=O)CN(C(=O)C=Cc2ccc([N+](=O)[O-])cc2)C2CC2)cc1. The van der Waals surface area contributed by atoms with Crippen LogP contribution in [0, 0.1) is 10.1 Å². The van der Waals surface area contributed by atoms with Crippen LogP contribution in [0.5, 0.6) is 5.75 Å². The van der Waals surface area contributed by atoms with Gasteiger partial charge in [-0.2, -0.15) is 0 Å². The molecule has 2 aromatic carbocycles. The number of hydrogen-bond acceptors (Lipinski definition) is 6. The molecule has 5 rings (SSSR count). The largest absolute Gasteiger partial charge is 0.497 e. The molecular weight excluding hydrogens is 490 g/mol. The summed E-state index contributed by atoms with van der Waals surface area (Å²) >= 11 is 1.71. The Hall–Kier alpha value is -3.98. The molecule has 2 heterocycles. The fraction of sp³-hybridized carbons (Fsp3) is 0.286. The number of nitro benzene ring substituents is 1. The summed E-state index contributed by atoms with van der Waals surface area (Å²) in [6.45, 7) is 0.606. The Labute approximate surface area is 218 Å². The molecule has 0 radical (unpaired) electrons. The molecule has 0 N–H and O–H groups in total. The highest BCUT2D eigenvalue weighted by atomic mass is 32.1. The standard InChI is InChI=1S/C28H27N3O5S/c1-36-23-11-5-20(6-12-23)28-24-15-17-37-25(24)14-16-29(28)27(33)18-30(21-9-10-21)26(32)13-4-19-2-7-22(8-3-19)31(34)35/h2-8,11-13,15,17,21,28H,9-10,14,16,18H2,1H3. The van der Waals surface area contributed by atoms with Crippen LogP contribution in [0.3, 0.4) is 0 Å². The number of fused-ring (bicyclic) bond motifs is 1. The number of thiophene rings is 1. The summed E-state index contributed by atoms with van der Waals surface area (Å²) in [7, 11) is 1.63. The van der Waals surface area contributed by atoms with Gasteiger partial charge in [0.1, 0.15) is 12.3 Å². The summed E-state index contributed by atoms with van der Waals surface area (Å²) in [6, 6.07) is 15.7. The van der Waals surface area contributed by atoms with Crippen LogP contribution in [0.2, 0.25) is 0 Å². The van der Waals surface area contributed by atoms with Gasteiger partial charge in [0.05, 0.1) is 18.1 Å². The summed E-state index contributed by atoms with van der Waals surface area (Å²) < 4.78 is 5.31. The van der Waals surface area contributed by atoms with Crippen molar-refractivity contribution in [1.29, 1.82) is 0 Å². The van der Waals surface area contributed by atoms with Crippen LogP contribution in [0.15, 0.2) is 66.1 Å². The van der Waals surface area contributed by atoms with Crippen molar-refractivity contribution >= 4 is 34.9 Å². The number of nitrogens with zero attached hydrogens (tertiary/aromatic N) is 3. The van der Waals surface area contributed by atoms with Crippen molar-refractivity contribution in [1.82, 2.24) is 9.80 Å². The number of ether oxygens (including phenoxy) is 1. The number of hydrogen-bond donors (Lipinski definition) is 0. The predicted molar refractivity (Wildman–Crippen MR) is 141 cm³/mol. The van der Waals surface area contributed by atoms with E-state index in [1.54, 1.807) is 41.6 Å². The van der Waals surface area contributed by atoms with Gasteiger partial charge in [0.2, 0.25) is 11.8 Å². The molecule has 1 aromatic heterocycles. The Balaban J connectivity index is 1.34. The monoisotopic (exact) mass is 517 g/mol. The van der Waals surface area contributed by atoms with Crippen LogP contribution in [0.1, 0.15) is 40.5 Å². The fourth-order valence-electron chi connectivity index (χ4n) is 4.71. The third-order valence-electron chi connectivity index (χ3n) is 6.82. The molecule has 1 aliphatic heterocycles. The highest BCUT2D eigenvalue weighted by Gasteiger charge is 2.37. The maximum absolute atomic E-state index is 13.7. The summed E-state index contributed by atoms with van der Waals surface area (Å²) in [4.78, 5) is 42.0. The second kappa shape index (κ2) is 10.6. The molecule has 190 valence electrons. The molecule has 3 aromatic rings. The van der Waals surface area contributed by atoms with Crippen LogP contribution in [0.4, 0.5) is 5.69 Å². The third-order valence-corrected chi connectivity index (χ3v) is 7.81. The van der Waals surface area contributed by atoms with Crippen molar-refractivity contribution in [3.05, 3.63) is 97.7 Å². The van der Waals surface area contributed by atoms with Gasteiger partial charge in [-0.25, -0.2) is 0 Å². The van der Waals surface area contributed by atoms with Crippen molar-refractivity contribution < 1.29 is 19.2 Å². The number of carbonyl (C=O) groups is 2. The number of benzene rings is 2. The number of methoxy groups -OCH3 is 1. The minimum Gasteiger partial charge on any atom is -0.497 e. The molecular formula is C28H27N3O5S. The first kappa shape index (κ1) is 24.7. The van der Waals surface area contributed by atoms with Crippen molar-refractivity contribution in [2.45, 2.75) is 31.3 Å². The molecule has 0 spiro atoms. The van der Waals surface area contributed by atoms with Gasteiger partial charge in [0.25, 0.3) is 5.69 Å². The first-order chi connectivity index (χ1) is 17.9. The maximum atomic E-state index is 13.7. The smallest absolute Gasteiger partial charge is 0.269 e. The summed E-state index contributed by atoms with van der Waals surface area (Å²) in [5.74, 6) is 0.443. The molecule has 1 fully saturated rings. The predicted octanol–water partition coefficient (Wildman–Crippen LogP) is 4.84. The van der Waals surface area contributed by atoms with Crippen molar-refractivity contribution in [2.24, 2.45) is 0 Å². The molecule has 1 saturated carbocycles. The lowest BCUT2D eigenvalue weighted by Gasteiger charge is -2.37. The van der Waals surface area contributed by atoms with E-state index in [9.17, 15) is 19.7 Å². The first-order valence-electron chi connectivity index (χ1n) is 12.2. The van der Waals surface area contributed by atoms with E-state index in [1.807, 2.05) is 29.2 Å². The lowest BCUT2D eigenvalue weighted by atomic mass is 9.93. The first-order valence-corrected chi connectivity index (χ1v) is 13.1. The Bertz CT molecular complexity index is 1330. The normalized spacial score (nSPS) is 16.9. The Kier molecular flexibility index (Phi) is 7.05. The molecule has 0 saturated heterocycles. The van der Waals surface area contributed by atoms with Crippen molar-refractivity contribution in [2.75, 3.05) is 20.2 Å². The molecule has 2 aliphatic rings. The van der Waals surface area contributed by atoms with E-state index in [4.69, 9.17) is 4.74 Å². The molecule has 9 heteroatoms. The average molecular weight is 518 g/mol. The van der Waals surface area contributed by atoms with E-state index in [0.29, 0.717) is 12.1 Å². The number of nitro groups is 1. The quantitative estimate of drug-likeness (QED) is 0.242.